The molecule has 1 aliphatic rings. The summed E-state index contributed by atoms with van der Waals surface area (Å²) in [4.78, 5) is 42.4. The Morgan fingerprint density at radius 2 is 1.89 bits per heavy atom. The summed E-state index contributed by atoms with van der Waals surface area (Å²) in [5.74, 6) is 2.06. The lowest BCUT2D eigenvalue weighted by Crippen LogP contribution is -2.44. The largest absolute Gasteiger partial charge is 0.373 e. The highest BCUT2D eigenvalue weighted by atomic mass is 32.1. The van der Waals surface area contributed by atoms with Gasteiger partial charge in [0, 0.05) is 44.6 Å². The Bertz CT molecular complexity index is 1550. The van der Waals surface area contributed by atoms with E-state index < -0.39 is 0 Å². The van der Waals surface area contributed by atoms with Gasteiger partial charge in [0.15, 0.2) is 0 Å². The van der Waals surface area contributed by atoms with Gasteiger partial charge in [-0.2, -0.15) is 0 Å². The quantitative estimate of drug-likeness (QED) is 0.346. The molecule has 0 aromatic carbocycles. The van der Waals surface area contributed by atoms with Gasteiger partial charge in [-0.05, 0) is 31.5 Å². The fourth-order valence-electron chi connectivity index (χ4n) is 4.42. The molecule has 1 saturated heterocycles. The van der Waals surface area contributed by atoms with Gasteiger partial charge in [0.25, 0.3) is 5.56 Å². The number of aromatic nitrogens is 6. The molecule has 3 N–H and O–H groups in total. The first-order chi connectivity index (χ1) is 17.1. The topological polar surface area (TPSA) is 119 Å². The molecular weight excluding hydrogens is 462 g/mol. The Hall–Kier alpha value is -3.83. The molecule has 0 bridgehead atoms. The van der Waals surface area contributed by atoms with Crippen LogP contribution in [0.4, 0.5) is 11.5 Å². The summed E-state index contributed by atoms with van der Waals surface area (Å²) in [6, 6.07) is 5.50. The SMILES string of the molecule is C[C@H](Nc1c(-c2nc3cnc(N4CCN(C)CC4)cc3[nH]2)c(=O)[nH]c2ccsc12)c1ncccn1. The number of nitrogens with zero attached hydrogens (tertiary/aromatic N) is 6. The number of anilines is 2. The lowest BCUT2D eigenvalue weighted by atomic mass is 10.1. The molecule has 11 heteroatoms. The summed E-state index contributed by atoms with van der Waals surface area (Å²) in [6.07, 6.45) is 5.20. The Labute approximate surface area is 205 Å². The monoisotopic (exact) mass is 487 g/mol. The molecule has 1 fully saturated rings. The highest BCUT2D eigenvalue weighted by Gasteiger charge is 2.22. The fourth-order valence-corrected chi connectivity index (χ4v) is 5.29. The van der Waals surface area contributed by atoms with E-state index in [4.69, 9.17) is 4.98 Å². The molecule has 0 aliphatic carbocycles. The molecule has 5 aromatic heterocycles. The zero-order valence-corrected chi connectivity index (χ0v) is 20.3. The van der Waals surface area contributed by atoms with E-state index in [1.165, 1.54) is 0 Å². The molecule has 0 saturated carbocycles. The summed E-state index contributed by atoms with van der Waals surface area (Å²) >= 11 is 1.56. The molecule has 0 amide bonds. The van der Waals surface area contributed by atoms with Crippen molar-refractivity contribution in [1.82, 2.24) is 34.8 Å². The predicted molar refractivity (Wildman–Crippen MR) is 139 cm³/mol. The summed E-state index contributed by atoms with van der Waals surface area (Å²) in [5, 5.41) is 5.45. The van der Waals surface area contributed by atoms with Crippen LogP contribution in [0, 0.1) is 0 Å². The van der Waals surface area contributed by atoms with Crippen LogP contribution in [0.25, 0.3) is 32.6 Å². The number of H-pyrrole nitrogens is 2. The van der Waals surface area contributed by atoms with Crippen molar-refractivity contribution < 1.29 is 0 Å². The van der Waals surface area contributed by atoms with Gasteiger partial charge < -0.3 is 25.1 Å². The van der Waals surface area contributed by atoms with E-state index in [2.05, 4.69) is 47.1 Å². The second-order valence-corrected chi connectivity index (χ2v) is 9.69. The number of thiophene rings is 1. The molecule has 6 heterocycles. The maximum absolute atomic E-state index is 13.3. The predicted octanol–water partition coefficient (Wildman–Crippen LogP) is 3.24. The van der Waals surface area contributed by atoms with Gasteiger partial charge in [-0.1, -0.05) is 0 Å². The first-order valence-electron chi connectivity index (χ1n) is 11.5. The molecule has 6 rings (SSSR count). The van der Waals surface area contributed by atoms with Gasteiger partial charge in [0.05, 0.1) is 33.7 Å². The second-order valence-electron chi connectivity index (χ2n) is 8.78. The molecule has 1 aliphatic heterocycles. The number of nitrogens with one attached hydrogen (secondary N) is 3. The van der Waals surface area contributed by atoms with E-state index in [9.17, 15) is 4.79 Å². The molecule has 35 heavy (non-hydrogen) atoms. The van der Waals surface area contributed by atoms with E-state index in [-0.39, 0.29) is 11.6 Å². The van der Waals surface area contributed by atoms with Crippen LogP contribution in [0.3, 0.4) is 0 Å². The summed E-state index contributed by atoms with van der Waals surface area (Å²) < 4.78 is 0.944. The molecule has 5 aromatic rings. The second kappa shape index (κ2) is 8.75. The highest BCUT2D eigenvalue weighted by Crippen LogP contribution is 2.36. The lowest BCUT2D eigenvalue weighted by Gasteiger charge is -2.33. The van der Waals surface area contributed by atoms with E-state index in [1.54, 1.807) is 36.0 Å². The first-order valence-corrected chi connectivity index (χ1v) is 12.4. The smallest absolute Gasteiger partial charge is 0.261 e. The molecule has 0 unspecified atom stereocenters. The fraction of sp³-hybridized carbons (Fsp3) is 0.292. The van der Waals surface area contributed by atoms with Crippen molar-refractivity contribution in [2.75, 3.05) is 43.4 Å². The van der Waals surface area contributed by atoms with Crippen molar-refractivity contribution in [2.24, 2.45) is 0 Å². The Morgan fingerprint density at radius 3 is 2.69 bits per heavy atom. The Balaban J connectivity index is 1.43. The van der Waals surface area contributed by atoms with Crippen LogP contribution in [-0.4, -0.2) is 68.0 Å². The molecule has 1 atom stereocenters. The molecular formula is C24H25N9OS. The van der Waals surface area contributed by atoms with Crippen LogP contribution in [-0.2, 0) is 0 Å². The van der Waals surface area contributed by atoms with Crippen LogP contribution in [0.15, 0.2) is 47.0 Å². The highest BCUT2D eigenvalue weighted by molar-refractivity contribution is 7.17. The number of pyridine rings is 2. The Morgan fingerprint density at radius 1 is 1.09 bits per heavy atom. The van der Waals surface area contributed by atoms with Crippen molar-refractivity contribution in [1.29, 1.82) is 0 Å². The van der Waals surface area contributed by atoms with Crippen LogP contribution in [0.5, 0.6) is 0 Å². The van der Waals surface area contributed by atoms with Crippen molar-refractivity contribution in [3.63, 3.8) is 0 Å². The molecule has 178 valence electrons. The number of hydrogen-bond donors (Lipinski definition) is 3. The van der Waals surface area contributed by atoms with Gasteiger partial charge >= 0.3 is 0 Å². The van der Waals surface area contributed by atoms with Crippen molar-refractivity contribution in [3.05, 3.63) is 58.3 Å². The average molecular weight is 488 g/mol. The summed E-state index contributed by atoms with van der Waals surface area (Å²) in [6.45, 7) is 5.84. The van der Waals surface area contributed by atoms with Gasteiger partial charge in [-0.25, -0.2) is 19.9 Å². The van der Waals surface area contributed by atoms with Gasteiger partial charge in [-0.15, -0.1) is 11.3 Å². The minimum atomic E-state index is -0.217. The molecule has 10 nitrogen and oxygen atoms in total. The number of rotatable bonds is 5. The number of likely N-dealkylation sites (N-methyl/N-ethyl adjacent to an activating group) is 1. The minimum absolute atomic E-state index is 0.211. The first kappa shape index (κ1) is 21.7. The standard InChI is InChI=1S/C24H25N9OS/c1-14(22-25-5-3-6-26-22)28-20-19(24(34)31-15-4-11-35-21(15)20)23-29-16-12-18(27-13-17(16)30-23)33-9-7-32(2)8-10-33/h3-6,11-14H,7-10H2,1-2H3,(H,29,30)(H2,28,31,34)/t14-/m0/s1. The van der Waals surface area contributed by atoms with Crippen molar-refractivity contribution in [3.8, 4) is 11.4 Å². The van der Waals surface area contributed by atoms with Gasteiger partial charge in [0.2, 0.25) is 0 Å². The van der Waals surface area contributed by atoms with Crippen LogP contribution >= 0.6 is 11.3 Å². The summed E-state index contributed by atoms with van der Waals surface area (Å²) in [5.41, 5.74) is 3.30. The third kappa shape index (κ3) is 4.02. The molecule has 0 spiro atoms. The van der Waals surface area contributed by atoms with E-state index in [0.29, 0.717) is 28.4 Å². The third-order valence-electron chi connectivity index (χ3n) is 6.37. The van der Waals surface area contributed by atoms with E-state index in [1.807, 2.05) is 24.4 Å². The molecule has 0 radical (unpaired) electrons. The van der Waals surface area contributed by atoms with E-state index >= 15 is 0 Å². The van der Waals surface area contributed by atoms with Crippen LogP contribution in [0.1, 0.15) is 18.8 Å². The van der Waals surface area contributed by atoms with Crippen molar-refractivity contribution >= 4 is 44.1 Å². The lowest BCUT2D eigenvalue weighted by molar-refractivity contribution is 0.312. The normalized spacial score (nSPS) is 15.7. The number of piperazine rings is 1. The number of hydrogen-bond acceptors (Lipinski definition) is 9. The Kier molecular flexibility index (Phi) is 5.42. The van der Waals surface area contributed by atoms with Crippen LogP contribution in [0.2, 0.25) is 0 Å². The van der Waals surface area contributed by atoms with Crippen LogP contribution < -0.4 is 15.8 Å². The number of fused-ring (bicyclic) bond motifs is 2. The van der Waals surface area contributed by atoms with E-state index in [0.717, 1.165) is 47.7 Å². The zero-order valence-electron chi connectivity index (χ0n) is 19.4. The van der Waals surface area contributed by atoms with Gasteiger partial charge in [0.1, 0.15) is 28.5 Å². The number of aromatic amines is 2. The van der Waals surface area contributed by atoms with Gasteiger partial charge in [-0.3, -0.25) is 4.79 Å². The number of imidazole rings is 1. The maximum Gasteiger partial charge on any atom is 0.261 e. The zero-order chi connectivity index (χ0) is 23.9. The maximum atomic E-state index is 13.3. The summed E-state index contributed by atoms with van der Waals surface area (Å²) in [7, 11) is 2.13. The average Bonchev–Trinajstić information content (AvgIpc) is 3.51. The third-order valence-corrected chi connectivity index (χ3v) is 7.30. The minimum Gasteiger partial charge on any atom is -0.373 e. The van der Waals surface area contributed by atoms with Crippen molar-refractivity contribution in [2.45, 2.75) is 13.0 Å².